The van der Waals surface area contributed by atoms with Crippen LogP contribution in [0.4, 0.5) is 0 Å². The average molecular weight is 424 g/mol. The first kappa shape index (κ1) is 23.5. The predicted octanol–water partition coefficient (Wildman–Crippen LogP) is 1.69. The highest BCUT2D eigenvalue weighted by Crippen LogP contribution is 2.63. The largest absolute Gasteiger partial charge is 0.390 e. The van der Waals surface area contributed by atoms with Gasteiger partial charge < -0.3 is 20.5 Å². The molecule has 1 saturated heterocycles. The number of carbonyl (C=O) groups excluding carboxylic acids is 2. The Hall–Kier alpha value is -1.18. The zero-order valence-corrected chi connectivity index (χ0v) is 19.3. The molecule has 30 heavy (non-hydrogen) atoms. The van der Waals surface area contributed by atoms with Gasteiger partial charge in [-0.3, -0.25) is 14.5 Å². The average Bonchev–Trinajstić information content (AvgIpc) is 2.86. The number of carbonyl (C=O) groups is 2. The van der Waals surface area contributed by atoms with Crippen LogP contribution in [0.15, 0.2) is 0 Å². The van der Waals surface area contributed by atoms with Crippen LogP contribution in [0.2, 0.25) is 0 Å². The third-order valence-corrected chi connectivity index (χ3v) is 7.88. The molecule has 0 aromatic heterocycles. The van der Waals surface area contributed by atoms with Gasteiger partial charge in [-0.1, -0.05) is 13.8 Å². The smallest absolute Gasteiger partial charge is 0.220 e. The second-order valence-electron chi connectivity index (χ2n) is 10.7. The molecule has 0 bridgehead atoms. The highest BCUT2D eigenvalue weighted by atomic mass is 16.5. The number of nitrogens with one attached hydrogen (secondary N) is 2. The van der Waals surface area contributed by atoms with Crippen LogP contribution in [-0.2, 0) is 14.3 Å². The zero-order valence-electron chi connectivity index (χ0n) is 19.3. The second-order valence-corrected chi connectivity index (χ2v) is 10.7. The van der Waals surface area contributed by atoms with Gasteiger partial charge in [0.1, 0.15) is 0 Å². The van der Waals surface area contributed by atoms with E-state index in [1.807, 2.05) is 6.92 Å². The summed E-state index contributed by atoms with van der Waals surface area (Å²) in [5, 5.41) is 17.1. The van der Waals surface area contributed by atoms with E-state index in [1.165, 1.54) is 0 Å². The lowest BCUT2D eigenvalue weighted by molar-refractivity contribution is -0.124. The summed E-state index contributed by atoms with van der Waals surface area (Å²) in [7, 11) is 0. The first-order valence-electron chi connectivity index (χ1n) is 11.6. The highest BCUT2D eigenvalue weighted by molar-refractivity contribution is 5.76. The van der Waals surface area contributed by atoms with Crippen molar-refractivity contribution >= 4 is 11.8 Å². The molecule has 7 heteroatoms. The van der Waals surface area contributed by atoms with Crippen molar-refractivity contribution in [3.05, 3.63) is 0 Å². The lowest BCUT2D eigenvalue weighted by atomic mass is 9.57. The Bertz CT molecular complexity index is 630. The minimum absolute atomic E-state index is 0.0110. The van der Waals surface area contributed by atoms with E-state index in [9.17, 15) is 14.7 Å². The molecule has 0 aromatic carbocycles. The van der Waals surface area contributed by atoms with Crippen molar-refractivity contribution in [1.29, 1.82) is 0 Å². The summed E-state index contributed by atoms with van der Waals surface area (Å²) in [6, 6.07) is 0.0623. The summed E-state index contributed by atoms with van der Waals surface area (Å²) >= 11 is 0. The number of amides is 2. The molecule has 7 nitrogen and oxygen atoms in total. The Morgan fingerprint density at radius 1 is 1.13 bits per heavy atom. The van der Waals surface area contributed by atoms with Crippen molar-refractivity contribution in [3.63, 3.8) is 0 Å². The minimum Gasteiger partial charge on any atom is -0.390 e. The van der Waals surface area contributed by atoms with Gasteiger partial charge >= 0.3 is 0 Å². The summed E-state index contributed by atoms with van der Waals surface area (Å²) in [5.74, 6) is 0.356. The number of aliphatic hydroxyl groups is 1. The van der Waals surface area contributed by atoms with Gasteiger partial charge in [0.2, 0.25) is 11.8 Å². The lowest BCUT2D eigenvalue weighted by Gasteiger charge is -2.50. The van der Waals surface area contributed by atoms with Crippen LogP contribution in [0.5, 0.6) is 0 Å². The number of nitrogens with zero attached hydrogens (tertiary/aromatic N) is 1. The molecule has 1 heterocycles. The van der Waals surface area contributed by atoms with E-state index < -0.39 is 5.60 Å². The fourth-order valence-corrected chi connectivity index (χ4v) is 6.29. The Balaban J connectivity index is 1.62. The molecule has 3 N–H and O–H groups in total. The predicted molar refractivity (Wildman–Crippen MR) is 116 cm³/mol. The molecular weight excluding hydrogens is 382 g/mol. The number of hydrogen-bond acceptors (Lipinski definition) is 5. The number of morpholine rings is 1. The molecule has 1 aliphatic heterocycles. The van der Waals surface area contributed by atoms with E-state index in [4.69, 9.17) is 4.74 Å². The molecule has 3 aliphatic rings. The second kappa shape index (κ2) is 9.13. The van der Waals surface area contributed by atoms with Gasteiger partial charge in [0.25, 0.3) is 0 Å². The standard InChI is InChI=1S/C23H41N3O4/c1-17(27)25-19-16-21(2,3)18-15-22(4,29)7-8-23(18,19)6-5-20(28)24-9-10-26-11-13-30-14-12-26/h18-19,29H,5-16H2,1-4H3,(H,24,28)(H,25,27)/t18-,19-,22-,23-/m0/s1. The Kier molecular flexibility index (Phi) is 7.15. The van der Waals surface area contributed by atoms with Gasteiger partial charge in [0, 0.05) is 45.6 Å². The van der Waals surface area contributed by atoms with E-state index >= 15 is 0 Å². The summed E-state index contributed by atoms with van der Waals surface area (Å²) in [5.41, 5.74) is -0.778. The molecular formula is C23H41N3O4. The van der Waals surface area contributed by atoms with Crippen molar-refractivity contribution < 1.29 is 19.4 Å². The number of rotatable bonds is 7. The molecule has 4 atom stereocenters. The molecule has 2 amide bonds. The first-order chi connectivity index (χ1) is 14.0. The molecule has 3 fully saturated rings. The number of ether oxygens (including phenoxy) is 1. The Labute approximate surface area is 181 Å². The van der Waals surface area contributed by atoms with E-state index in [2.05, 4.69) is 29.4 Å². The monoisotopic (exact) mass is 423 g/mol. The van der Waals surface area contributed by atoms with E-state index in [0.29, 0.717) is 19.4 Å². The van der Waals surface area contributed by atoms with Crippen molar-refractivity contribution in [1.82, 2.24) is 15.5 Å². The molecule has 2 saturated carbocycles. The summed E-state index contributed by atoms with van der Waals surface area (Å²) in [6.07, 6.45) is 4.41. The van der Waals surface area contributed by atoms with Crippen LogP contribution in [-0.4, -0.2) is 72.9 Å². The van der Waals surface area contributed by atoms with Crippen LogP contribution < -0.4 is 10.6 Å². The molecule has 172 valence electrons. The van der Waals surface area contributed by atoms with Crippen LogP contribution >= 0.6 is 0 Å². The summed E-state index contributed by atoms with van der Waals surface area (Å²) in [6.45, 7) is 12.9. The zero-order chi connectivity index (χ0) is 22.0. The first-order valence-corrected chi connectivity index (χ1v) is 11.6. The minimum atomic E-state index is -0.670. The van der Waals surface area contributed by atoms with Gasteiger partial charge in [-0.2, -0.15) is 0 Å². The number of hydrogen-bond donors (Lipinski definition) is 3. The molecule has 0 radical (unpaired) electrons. The highest BCUT2D eigenvalue weighted by Gasteiger charge is 2.61. The molecule has 2 aliphatic carbocycles. The maximum absolute atomic E-state index is 12.6. The van der Waals surface area contributed by atoms with Crippen LogP contribution in [0.25, 0.3) is 0 Å². The van der Waals surface area contributed by atoms with Gasteiger partial charge in [-0.25, -0.2) is 0 Å². The van der Waals surface area contributed by atoms with Gasteiger partial charge in [0.05, 0.1) is 18.8 Å². The lowest BCUT2D eigenvalue weighted by Crippen LogP contribution is -2.52. The maximum atomic E-state index is 12.6. The van der Waals surface area contributed by atoms with Crippen LogP contribution in [0, 0.1) is 16.7 Å². The topological polar surface area (TPSA) is 90.9 Å². The quantitative estimate of drug-likeness (QED) is 0.580. The molecule has 0 unspecified atom stereocenters. The third kappa shape index (κ3) is 5.35. The molecule has 0 aromatic rings. The molecule has 0 spiro atoms. The van der Waals surface area contributed by atoms with Crippen LogP contribution in [0.1, 0.15) is 66.2 Å². The van der Waals surface area contributed by atoms with Crippen molar-refractivity contribution in [2.45, 2.75) is 77.9 Å². The van der Waals surface area contributed by atoms with Gasteiger partial charge in [0.15, 0.2) is 0 Å². The van der Waals surface area contributed by atoms with E-state index in [1.54, 1.807) is 6.92 Å². The van der Waals surface area contributed by atoms with Gasteiger partial charge in [-0.15, -0.1) is 0 Å². The Morgan fingerprint density at radius 2 is 1.83 bits per heavy atom. The molecule has 3 rings (SSSR count). The fraction of sp³-hybridized carbons (Fsp3) is 0.913. The summed E-state index contributed by atoms with van der Waals surface area (Å²) in [4.78, 5) is 26.9. The summed E-state index contributed by atoms with van der Waals surface area (Å²) < 4.78 is 5.36. The van der Waals surface area contributed by atoms with Crippen LogP contribution in [0.3, 0.4) is 0 Å². The van der Waals surface area contributed by atoms with Gasteiger partial charge in [-0.05, 0) is 55.8 Å². The maximum Gasteiger partial charge on any atom is 0.220 e. The van der Waals surface area contributed by atoms with Crippen molar-refractivity contribution in [3.8, 4) is 0 Å². The number of fused-ring (bicyclic) bond motifs is 1. The third-order valence-electron chi connectivity index (χ3n) is 7.88. The van der Waals surface area contributed by atoms with Crippen molar-refractivity contribution in [2.75, 3.05) is 39.4 Å². The van der Waals surface area contributed by atoms with Crippen molar-refractivity contribution in [2.24, 2.45) is 16.7 Å². The fourth-order valence-electron chi connectivity index (χ4n) is 6.29. The SMILES string of the molecule is CC(=O)N[C@H]1CC(C)(C)[C@@H]2C[C@@](C)(O)CC[C@]12CCC(=O)NCCN1CCOCC1. The normalized spacial score (nSPS) is 36.2. The van der Waals surface area contributed by atoms with E-state index in [-0.39, 0.29) is 34.6 Å². The Morgan fingerprint density at radius 3 is 2.50 bits per heavy atom. The van der Waals surface area contributed by atoms with E-state index in [0.717, 1.165) is 58.5 Å².